The zero-order valence-corrected chi connectivity index (χ0v) is 16.3. The lowest BCUT2D eigenvalue weighted by molar-refractivity contribution is -0.119. The fraction of sp³-hybridized carbons (Fsp3) is 0.250. The van der Waals surface area contributed by atoms with Gasteiger partial charge in [0.15, 0.2) is 5.76 Å². The van der Waals surface area contributed by atoms with E-state index in [1.54, 1.807) is 6.07 Å². The Morgan fingerprint density at radius 1 is 1.19 bits per heavy atom. The van der Waals surface area contributed by atoms with Crippen LogP contribution in [0.2, 0.25) is 0 Å². The van der Waals surface area contributed by atoms with Gasteiger partial charge < -0.3 is 15.1 Å². The summed E-state index contributed by atoms with van der Waals surface area (Å²) in [5.74, 6) is 1.06. The molecule has 0 radical (unpaired) electrons. The molecule has 3 rings (SSSR count). The molecule has 0 atom stereocenters. The van der Waals surface area contributed by atoms with E-state index in [0.29, 0.717) is 28.8 Å². The van der Waals surface area contributed by atoms with Gasteiger partial charge in [0.25, 0.3) is 0 Å². The van der Waals surface area contributed by atoms with Gasteiger partial charge in [-0.25, -0.2) is 4.98 Å². The Morgan fingerprint density at radius 3 is 2.74 bits per heavy atom. The van der Waals surface area contributed by atoms with Crippen molar-refractivity contribution in [2.75, 3.05) is 5.32 Å². The van der Waals surface area contributed by atoms with Crippen LogP contribution in [0.3, 0.4) is 0 Å². The topological polar surface area (TPSA) is 84.2 Å². The summed E-state index contributed by atoms with van der Waals surface area (Å²) in [5, 5.41) is 8.19. The van der Waals surface area contributed by atoms with Gasteiger partial charge >= 0.3 is 0 Å². The highest BCUT2D eigenvalue weighted by atomic mass is 32.1. The van der Waals surface area contributed by atoms with E-state index in [4.69, 9.17) is 4.42 Å². The van der Waals surface area contributed by atoms with Crippen LogP contribution in [0.5, 0.6) is 0 Å². The Labute approximate surface area is 161 Å². The molecule has 7 heteroatoms. The van der Waals surface area contributed by atoms with E-state index in [2.05, 4.69) is 15.6 Å². The maximum absolute atomic E-state index is 12.3. The molecule has 2 N–H and O–H groups in total. The SMILES string of the molecule is CC(=O)NCc1ccc(-c2csc(CC(=O)Nc3ccc(C)cc3C)n2)o1. The number of aromatic nitrogens is 1. The van der Waals surface area contributed by atoms with Gasteiger partial charge in [0.1, 0.15) is 16.5 Å². The van der Waals surface area contributed by atoms with Gasteiger partial charge in [-0.3, -0.25) is 9.59 Å². The number of amides is 2. The minimum Gasteiger partial charge on any atom is -0.458 e. The molecule has 0 fully saturated rings. The number of anilines is 1. The molecule has 0 bridgehead atoms. The minimum atomic E-state index is -0.112. The van der Waals surface area contributed by atoms with Crippen molar-refractivity contribution in [1.82, 2.24) is 10.3 Å². The first-order valence-corrected chi connectivity index (χ1v) is 9.43. The van der Waals surface area contributed by atoms with Crippen molar-refractivity contribution in [2.45, 2.75) is 33.7 Å². The van der Waals surface area contributed by atoms with Gasteiger partial charge in [0, 0.05) is 18.0 Å². The fourth-order valence-corrected chi connectivity index (χ4v) is 3.40. The molecular weight excluding hydrogens is 362 g/mol. The van der Waals surface area contributed by atoms with Crippen molar-refractivity contribution in [1.29, 1.82) is 0 Å². The predicted octanol–water partition coefficient (Wildman–Crippen LogP) is 3.84. The van der Waals surface area contributed by atoms with E-state index < -0.39 is 0 Å². The first-order chi connectivity index (χ1) is 12.9. The normalized spacial score (nSPS) is 10.6. The number of carbonyl (C=O) groups excluding carboxylic acids is 2. The third-order valence-electron chi connectivity index (χ3n) is 3.95. The molecule has 0 aliphatic heterocycles. The summed E-state index contributed by atoms with van der Waals surface area (Å²) in [6.07, 6.45) is 0.206. The number of hydrogen-bond acceptors (Lipinski definition) is 5. The van der Waals surface area contributed by atoms with E-state index in [1.165, 1.54) is 18.3 Å². The molecule has 27 heavy (non-hydrogen) atoms. The Kier molecular flexibility index (Phi) is 5.71. The predicted molar refractivity (Wildman–Crippen MR) is 106 cm³/mol. The maximum Gasteiger partial charge on any atom is 0.231 e. The smallest absolute Gasteiger partial charge is 0.231 e. The number of benzene rings is 1. The van der Waals surface area contributed by atoms with Gasteiger partial charge in [-0.15, -0.1) is 11.3 Å². The molecule has 3 aromatic rings. The zero-order valence-electron chi connectivity index (χ0n) is 15.5. The van der Waals surface area contributed by atoms with Crippen LogP contribution in [0.15, 0.2) is 40.1 Å². The van der Waals surface area contributed by atoms with Gasteiger partial charge in [-0.05, 0) is 37.6 Å². The van der Waals surface area contributed by atoms with E-state index >= 15 is 0 Å². The van der Waals surface area contributed by atoms with E-state index in [1.807, 2.05) is 43.5 Å². The number of rotatable bonds is 6. The van der Waals surface area contributed by atoms with E-state index in [-0.39, 0.29) is 18.2 Å². The van der Waals surface area contributed by atoms with Gasteiger partial charge in [-0.1, -0.05) is 17.7 Å². The van der Waals surface area contributed by atoms with Crippen LogP contribution < -0.4 is 10.6 Å². The number of carbonyl (C=O) groups is 2. The number of furan rings is 1. The van der Waals surface area contributed by atoms with E-state index in [0.717, 1.165) is 16.8 Å². The van der Waals surface area contributed by atoms with Crippen molar-refractivity contribution in [3.05, 3.63) is 57.6 Å². The lowest BCUT2D eigenvalue weighted by Crippen LogP contribution is -2.18. The largest absolute Gasteiger partial charge is 0.458 e. The highest BCUT2D eigenvalue weighted by Gasteiger charge is 2.13. The number of nitrogens with zero attached hydrogens (tertiary/aromatic N) is 1. The fourth-order valence-electron chi connectivity index (χ4n) is 2.61. The zero-order chi connectivity index (χ0) is 19.4. The summed E-state index contributed by atoms with van der Waals surface area (Å²) in [7, 11) is 0. The molecule has 0 spiro atoms. The molecule has 0 saturated carbocycles. The summed E-state index contributed by atoms with van der Waals surface area (Å²) >= 11 is 1.42. The molecule has 0 saturated heterocycles. The van der Waals surface area contributed by atoms with Crippen molar-refractivity contribution in [2.24, 2.45) is 0 Å². The summed E-state index contributed by atoms with van der Waals surface area (Å²) in [6, 6.07) is 9.53. The molecule has 2 aromatic heterocycles. The maximum atomic E-state index is 12.3. The molecular formula is C20H21N3O3S. The third-order valence-corrected chi connectivity index (χ3v) is 4.79. The van der Waals surface area contributed by atoms with Crippen LogP contribution in [-0.4, -0.2) is 16.8 Å². The van der Waals surface area contributed by atoms with Crippen LogP contribution in [0.4, 0.5) is 5.69 Å². The number of hydrogen-bond donors (Lipinski definition) is 2. The van der Waals surface area contributed by atoms with Crippen LogP contribution in [0.25, 0.3) is 11.5 Å². The van der Waals surface area contributed by atoms with Crippen LogP contribution in [0, 0.1) is 13.8 Å². The quantitative estimate of drug-likeness (QED) is 0.677. The molecule has 0 unspecified atom stereocenters. The minimum absolute atomic E-state index is 0.103. The molecule has 6 nitrogen and oxygen atoms in total. The lowest BCUT2D eigenvalue weighted by atomic mass is 10.1. The number of thiazole rings is 1. The molecule has 0 aliphatic rings. The third kappa shape index (κ3) is 5.04. The van der Waals surface area contributed by atoms with Crippen LogP contribution >= 0.6 is 11.3 Å². The van der Waals surface area contributed by atoms with Gasteiger partial charge in [0.05, 0.1) is 13.0 Å². The lowest BCUT2D eigenvalue weighted by Gasteiger charge is -2.08. The average Bonchev–Trinajstić information content (AvgIpc) is 3.24. The monoisotopic (exact) mass is 383 g/mol. The summed E-state index contributed by atoms with van der Waals surface area (Å²) < 4.78 is 5.69. The Bertz CT molecular complexity index is 975. The standard InChI is InChI=1S/C20H21N3O3S/c1-12-4-6-16(13(2)8-12)22-19(25)9-20-23-17(11-27-20)18-7-5-15(26-18)10-21-14(3)24/h4-8,11H,9-10H2,1-3H3,(H,21,24)(H,22,25). The second kappa shape index (κ2) is 8.18. The highest BCUT2D eigenvalue weighted by molar-refractivity contribution is 7.10. The highest BCUT2D eigenvalue weighted by Crippen LogP contribution is 2.25. The first-order valence-electron chi connectivity index (χ1n) is 8.56. The average molecular weight is 383 g/mol. The second-order valence-corrected chi connectivity index (χ2v) is 7.29. The van der Waals surface area contributed by atoms with Crippen molar-refractivity contribution < 1.29 is 14.0 Å². The Balaban J connectivity index is 1.62. The molecule has 140 valence electrons. The number of aryl methyl sites for hydroxylation is 2. The molecule has 2 amide bonds. The van der Waals surface area contributed by atoms with Crippen LogP contribution in [0.1, 0.15) is 28.8 Å². The summed E-state index contributed by atoms with van der Waals surface area (Å²) in [5.41, 5.74) is 3.69. The molecule has 0 aliphatic carbocycles. The van der Waals surface area contributed by atoms with Crippen molar-refractivity contribution in [3.8, 4) is 11.5 Å². The summed E-state index contributed by atoms with van der Waals surface area (Å²) in [6.45, 7) is 5.79. The van der Waals surface area contributed by atoms with Crippen LogP contribution in [-0.2, 0) is 22.6 Å². The molecule has 1 aromatic carbocycles. The van der Waals surface area contributed by atoms with Gasteiger partial charge in [0.2, 0.25) is 11.8 Å². The summed E-state index contributed by atoms with van der Waals surface area (Å²) in [4.78, 5) is 27.8. The Hall–Kier alpha value is -2.93. The van der Waals surface area contributed by atoms with Gasteiger partial charge in [-0.2, -0.15) is 0 Å². The van der Waals surface area contributed by atoms with Crippen molar-refractivity contribution >= 4 is 28.8 Å². The number of nitrogens with one attached hydrogen (secondary N) is 2. The van der Waals surface area contributed by atoms with E-state index in [9.17, 15) is 9.59 Å². The molecule has 2 heterocycles. The Morgan fingerprint density at radius 2 is 2.00 bits per heavy atom. The first kappa shape index (κ1) is 18.8. The second-order valence-electron chi connectivity index (χ2n) is 6.35. The van der Waals surface area contributed by atoms with Crippen molar-refractivity contribution in [3.63, 3.8) is 0 Å².